The quantitative estimate of drug-likeness (QED) is 0.0232. The number of thiophene rings is 1. The van der Waals surface area contributed by atoms with Gasteiger partial charge in [-0.2, -0.15) is 0 Å². The molecule has 0 fully saturated rings. The molecule has 0 aliphatic rings. The summed E-state index contributed by atoms with van der Waals surface area (Å²) in [5.41, 5.74) is 14.0. The SMILES string of the molecule is C=CC(=O)OCCCCCCc1ccc(N(c2ccc(CCCCCC)cc2)c2ccc(-c3ccc(-c4ccc(N(c5ccc(CCCCCC)cc5)c5ccc(C(CCCCC)OC(=O)C=C)cc5)cc4)s3)cc2)cc1. The van der Waals surface area contributed by atoms with Crippen LogP contribution in [0.15, 0.2) is 183 Å². The maximum absolute atomic E-state index is 12.4. The zero-order valence-electron chi connectivity index (χ0n) is 46.2. The van der Waals surface area contributed by atoms with Crippen LogP contribution in [0, 0.1) is 0 Å². The zero-order valence-corrected chi connectivity index (χ0v) is 47.1. The molecule has 77 heavy (non-hydrogen) atoms. The molecule has 0 aliphatic heterocycles. The Kier molecular flexibility index (Phi) is 23.5. The monoisotopic (exact) mass is 1050 g/mol. The van der Waals surface area contributed by atoms with E-state index in [1.165, 1.54) is 101 Å². The number of esters is 2. The standard InChI is InChI=1S/C70H82N2O4S/c1-6-11-14-19-23-54-27-39-60(40-28-54)71(61-41-31-56(32-42-61)25-21-16-17-22-53-75-69(73)9-4)64-47-35-58(36-48-64)67-51-52-68(77-67)59-37-49-65(50-38-59)72(62-43-29-55(30-44-62)24-20-15-12-7-2)63-45-33-57(34-46-63)66(26-18-13-8-3)76-70(74)10-5/h9-10,27-52,66H,4-8,11-26,53H2,1-3H3. The second-order valence-electron chi connectivity index (χ2n) is 20.3. The van der Waals surface area contributed by atoms with Crippen molar-refractivity contribution < 1.29 is 19.1 Å². The number of hydrogen-bond acceptors (Lipinski definition) is 7. The Bertz CT molecular complexity index is 2850. The Morgan fingerprint density at radius 1 is 0.429 bits per heavy atom. The normalized spacial score (nSPS) is 11.5. The first-order valence-electron chi connectivity index (χ1n) is 28.7. The summed E-state index contributed by atoms with van der Waals surface area (Å²) < 4.78 is 11.0. The fourth-order valence-corrected chi connectivity index (χ4v) is 11.0. The fraction of sp³-hybridized carbons (Fsp3) is 0.343. The Balaban J connectivity index is 1.09. The summed E-state index contributed by atoms with van der Waals surface area (Å²) in [6.45, 7) is 14.3. The van der Waals surface area contributed by atoms with Gasteiger partial charge in [0.25, 0.3) is 0 Å². The number of anilines is 6. The van der Waals surface area contributed by atoms with Crippen molar-refractivity contribution in [2.75, 3.05) is 16.4 Å². The molecule has 0 N–H and O–H groups in total. The van der Waals surface area contributed by atoms with Gasteiger partial charge in [-0.05, 0) is 176 Å². The Labute approximate surface area is 465 Å². The van der Waals surface area contributed by atoms with Gasteiger partial charge in [0.2, 0.25) is 0 Å². The Morgan fingerprint density at radius 2 is 0.779 bits per heavy atom. The molecule has 0 spiro atoms. The van der Waals surface area contributed by atoms with Crippen molar-refractivity contribution in [3.8, 4) is 20.9 Å². The van der Waals surface area contributed by atoms with Crippen LogP contribution in [0.2, 0.25) is 0 Å². The molecule has 1 heterocycles. The van der Waals surface area contributed by atoms with E-state index in [1.54, 1.807) is 0 Å². The first kappa shape index (κ1) is 57.7. The molecule has 1 atom stereocenters. The van der Waals surface area contributed by atoms with E-state index >= 15 is 0 Å². The molecule has 7 rings (SSSR count). The lowest BCUT2D eigenvalue weighted by molar-refractivity contribution is -0.143. The summed E-state index contributed by atoms with van der Waals surface area (Å²) in [6.07, 6.45) is 23.4. The number of unbranched alkanes of at least 4 members (excludes halogenated alkanes) is 11. The lowest BCUT2D eigenvalue weighted by Crippen LogP contribution is -2.12. The third kappa shape index (κ3) is 17.5. The number of ether oxygens (including phenoxy) is 2. The molecule has 0 saturated carbocycles. The molecule has 7 aromatic rings. The number of carbonyl (C=O) groups excluding carboxylic acids is 2. The van der Waals surface area contributed by atoms with Crippen LogP contribution in [-0.2, 0) is 38.3 Å². The van der Waals surface area contributed by atoms with Gasteiger partial charge in [0.1, 0.15) is 6.10 Å². The van der Waals surface area contributed by atoms with Gasteiger partial charge in [-0.25, -0.2) is 9.59 Å². The van der Waals surface area contributed by atoms with Gasteiger partial charge in [-0.15, -0.1) is 11.3 Å². The van der Waals surface area contributed by atoms with E-state index < -0.39 is 5.97 Å². The third-order valence-electron chi connectivity index (χ3n) is 14.4. The largest absolute Gasteiger partial charge is 0.463 e. The lowest BCUT2D eigenvalue weighted by Gasteiger charge is -2.26. The van der Waals surface area contributed by atoms with Gasteiger partial charge in [0.15, 0.2) is 0 Å². The number of benzene rings is 6. The summed E-state index contributed by atoms with van der Waals surface area (Å²) in [5.74, 6) is -0.742. The van der Waals surface area contributed by atoms with Crippen LogP contribution < -0.4 is 9.80 Å². The summed E-state index contributed by atoms with van der Waals surface area (Å²) in [7, 11) is 0. The highest BCUT2D eigenvalue weighted by atomic mass is 32.1. The van der Waals surface area contributed by atoms with E-state index in [9.17, 15) is 9.59 Å². The smallest absolute Gasteiger partial charge is 0.330 e. The van der Waals surface area contributed by atoms with Gasteiger partial charge < -0.3 is 19.3 Å². The number of carbonyl (C=O) groups is 2. The minimum atomic E-state index is -0.392. The van der Waals surface area contributed by atoms with Crippen LogP contribution in [0.4, 0.5) is 34.1 Å². The van der Waals surface area contributed by atoms with Gasteiger partial charge in [-0.3, -0.25) is 0 Å². The highest BCUT2D eigenvalue weighted by Crippen LogP contribution is 2.41. The third-order valence-corrected chi connectivity index (χ3v) is 15.6. The minimum Gasteiger partial charge on any atom is -0.463 e. The summed E-state index contributed by atoms with van der Waals surface area (Å²) >= 11 is 1.81. The maximum Gasteiger partial charge on any atom is 0.330 e. The molecular weight excluding hydrogens is 965 g/mol. The molecule has 7 heteroatoms. The van der Waals surface area contributed by atoms with E-state index in [-0.39, 0.29) is 12.1 Å². The molecular formula is C70H82N2O4S. The Morgan fingerprint density at radius 3 is 1.17 bits per heavy atom. The number of hydrogen-bond donors (Lipinski definition) is 0. The fourth-order valence-electron chi connectivity index (χ4n) is 9.96. The summed E-state index contributed by atoms with van der Waals surface area (Å²) in [4.78, 5) is 30.8. The molecule has 6 aromatic carbocycles. The average molecular weight is 1050 g/mol. The van der Waals surface area contributed by atoms with Crippen molar-refractivity contribution in [1.82, 2.24) is 0 Å². The van der Waals surface area contributed by atoms with Crippen LogP contribution >= 0.6 is 11.3 Å². The van der Waals surface area contributed by atoms with E-state index in [2.05, 4.69) is 201 Å². The first-order chi connectivity index (χ1) is 37.8. The van der Waals surface area contributed by atoms with Gasteiger partial charge in [-0.1, -0.05) is 171 Å². The molecule has 6 nitrogen and oxygen atoms in total. The van der Waals surface area contributed by atoms with Crippen molar-refractivity contribution in [2.45, 2.75) is 149 Å². The number of rotatable bonds is 33. The predicted octanol–water partition coefficient (Wildman–Crippen LogP) is 20.5. The van der Waals surface area contributed by atoms with Gasteiger partial charge >= 0.3 is 11.9 Å². The van der Waals surface area contributed by atoms with E-state index in [1.807, 2.05) is 11.3 Å². The molecule has 1 aromatic heterocycles. The average Bonchev–Trinajstić information content (AvgIpc) is 3.97. The maximum atomic E-state index is 12.4. The lowest BCUT2D eigenvalue weighted by atomic mass is 10.0. The van der Waals surface area contributed by atoms with Crippen molar-refractivity contribution in [1.29, 1.82) is 0 Å². The van der Waals surface area contributed by atoms with Crippen LogP contribution in [0.1, 0.15) is 152 Å². The van der Waals surface area contributed by atoms with Crippen LogP contribution in [0.3, 0.4) is 0 Å². The molecule has 0 amide bonds. The molecule has 0 bridgehead atoms. The first-order valence-corrected chi connectivity index (χ1v) is 29.5. The van der Waals surface area contributed by atoms with E-state index in [0.717, 1.165) is 110 Å². The van der Waals surface area contributed by atoms with Crippen molar-refractivity contribution >= 4 is 57.4 Å². The summed E-state index contributed by atoms with van der Waals surface area (Å²) in [5, 5.41) is 0. The van der Waals surface area contributed by atoms with Crippen LogP contribution in [0.25, 0.3) is 20.9 Å². The topological polar surface area (TPSA) is 59.1 Å². The number of aryl methyl sites for hydroxylation is 3. The van der Waals surface area contributed by atoms with Gasteiger partial charge in [0, 0.05) is 56.0 Å². The van der Waals surface area contributed by atoms with E-state index in [4.69, 9.17) is 9.47 Å². The molecule has 0 saturated heterocycles. The van der Waals surface area contributed by atoms with Crippen LogP contribution in [0.5, 0.6) is 0 Å². The van der Waals surface area contributed by atoms with Crippen molar-refractivity contribution in [3.05, 3.63) is 205 Å². The predicted molar refractivity (Wildman–Crippen MR) is 327 cm³/mol. The highest BCUT2D eigenvalue weighted by molar-refractivity contribution is 7.18. The van der Waals surface area contributed by atoms with Crippen LogP contribution in [-0.4, -0.2) is 18.5 Å². The van der Waals surface area contributed by atoms with Crippen molar-refractivity contribution in [3.63, 3.8) is 0 Å². The van der Waals surface area contributed by atoms with Gasteiger partial charge in [0.05, 0.1) is 6.61 Å². The molecule has 0 aliphatic carbocycles. The summed E-state index contributed by atoms with van der Waals surface area (Å²) in [6, 6.07) is 58.2. The molecule has 0 radical (unpaired) electrons. The van der Waals surface area contributed by atoms with E-state index in [0.29, 0.717) is 6.61 Å². The number of nitrogens with zero attached hydrogens (tertiary/aromatic N) is 2. The molecule has 1 unspecified atom stereocenters. The Hall–Kier alpha value is -6.96. The second-order valence-corrected chi connectivity index (χ2v) is 21.4. The minimum absolute atomic E-state index is 0.317. The second kappa shape index (κ2) is 31.3. The van der Waals surface area contributed by atoms with Crippen molar-refractivity contribution in [2.24, 2.45) is 0 Å². The molecule has 402 valence electrons. The highest BCUT2D eigenvalue weighted by Gasteiger charge is 2.19. The zero-order chi connectivity index (χ0) is 54.0.